The number of rotatable bonds is 7. The third kappa shape index (κ3) is 5.43. The number of anilines is 1. The number of hydrogen-bond acceptors (Lipinski definition) is 5. The SMILES string of the molecule is CN=C(NCc1ccnc(N(C)C)c1)NCC(c1cccs1)N1CCCC1. The summed E-state index contributed by atoms with van der Waals surface area (Å²) < 4.78 is 0. The van der Waals surface area contributed by atoms with Gasteiger partial charge in [-0.05, 0) is 55.1 Å². The second-order valence-corrected chi connectivity index (χ2v) is 7.98. The molecule has 1 fully saturated rings. The Labute approximate surface area is 166 Å². The minimum Gasteiger partial charge on any atom is -0.363 e. The van der Waals surface area contributed by atoms with E-state index in [1.165, 1.54) is 36.4 Å². The van der Waals surface area contributed by atoms with Crippen LogP contribution in [-0.4, -0.2) is 56.6 Å². The first-order valence-corrected chi connectivity index (χ1v) is 10.4. The molecule has 0 saturated carbocycles. The van der Waals surface area contributed by atoms with Gasteiger partial charge in [0.15, 0.2) is 5.96 Å². The Bertz CT molecular complexity index is 722. The molecule has 0 spiro atoms. The zero-order valence-corrected chi connectivity index (χ0v) is 17.3. The van der Waals surface area contributed by atoms with Gasteiger partial charge in [-0.2, -0.15) is 0 Å². The van der Waals surface area contributed by atoms with Crippen LogP contribution < -0.4 is 15.5 Å². The highest BCUT2D eigenvalue weighted by Crippen LogP contribution is 2.27. The van der Waals surface area contributed by atoms with Crippen molar-refractivity contribution in [3.8, 4) is 0 Å². The number of guanidine groups is 1. The summed E-state index contributed by atoms with van der Waals surface area (Å²) >= 11 is 1.84. The van der Waals surface area contributed by atoms with E-state index >= 15 is 0 Å². The van der Waals surface area contributed by atoms with Crippen LogP contribution in [0.4, 0.5) is 5.82 Å². The molecule has 0 aromatic carbocycles. The highest BCUT2D eigenvalue weighted by Gasteiger charge is 2.24. The van der Waals surface area contributed by atoms with Gasteiger partial charge in [0.1, 0.15) is 5.82 Å². The maximum atomic E-state index is 4.39. The monoisotopic (exact) mass is 386 g/mol. The lowest BCUT2D eigenvalue weighted by Gasteiger charge is -2.27. The van der Waals surface area contributed by atoms with Gasteiger partial charge in [0.05, 0.1) is 6.04 Å². The summed E-state index contributed by atoms with van der Waals surface area (Å²) in [7, 11) is 5.83. The number of likely N-dealkylation sites (tertiary alicyclic amines) is 1. The fraction of sp³-hybridized carbons (Fsp3) is 0.500. The van der Waals surface area contributed by atoms with E-state index in [0.717, 1.165) is 24.9 Å². The van der Waals surface area contributed by atoms with Gasteiger partial charge in [0, 0.05) is 45.3 Å². The predicted molar refractivity (Wildman–Crippen MR) is 115 cm³/mol. The number of hydrogen-bond donors (Lipinski definition) is 2. The third-order valence-electron chi connectivity index (χ3n) is 4.87. The standard InChI is InChI=1S/C20H30N6S/c1-21-20(23-14-16-8-9-22-19(13-16)25(2)3)24-15-17(18-7-6-12-27-18)26-10-4-5-11-26/h6-9,12-13,17H,4-5,10-11,14-15H2,1-3H3,(H2,21,23,24). The Hall–Kier alpha value is -2.12. The van der Waals surface area contributed by atoms with Crippen molar-refractivity contribution in [2.45, 2.75) is 25.4 Å². The largest absolute Gasteiger partial charge is 0.363 e. The molecule has 1 aliphatic heterocycles. The quantitative estimate of drug-likeness (QED) is 0.566. The number of nitrogens with one attached hydrogen (secondary N) is 2. The van der Waals surface area contributed by atoms with Gasteiger partial charge in [0.25, 0.3) is 0 Å². The summed E-state index contributed by atoms with van der Waals surface area (Å²) in [5.41, 5.74) is 1.19. The summed E-state index contributed by atoms with van der Waals surface area (Å²) in [5, 5.41) is 9.10. The van der Waals surface area contributed by atoms with Gasteiger partial charge < -0.3 is 15.5 Å². The molecule has 27 heavy (non-hydrogen) atoms. The van der Waals surface area contributed by atoms with Crippen LogP contribution in [0, 0.1) is 0 Å². The zero-order valence-electron chi connectivity index (χ0n) is 16.5. The minimum atomic E-state index is 0.410. The zero-order chi connectivity index (χ0) is 19.1. The molecule has 3 heterocycles. The normalized spacial score (nSPS) is 16.3. The maximum Gasteiger partial charge on any atom is 0.191 e. The lowest BCUT2D eigenvalue weighted by atomic mass is 10.2. The first kappa shape index (κ1) is 19.6. The molecule has 146 valence electrons. The summed E-state index contributed by atoms with van der Waals surface area (Å²) in [5.74, 6) is 1.79. The smallest absolute Gasteiger partial charge is 0.191 e. The molecular weight excluding hydrogens is 356 g/mol. The van der Waals surface area contributed by atoms with E-state index in [9.17, 15) is 0 Å². The Balaban J connectivity index is 1.57. The topological polar surface area (TPSA) is 55.8 Å². The predicted octanol–water partition coefficient (Wildman–Crippen LogP) is 2.71. The molecule has 3 rings (SSSR count). The van der Waals surface area contributed by atoms with Crippen LogP contribution in [0.3, 0.4) is 0 Å². The van der Waals surface area contributed by atoms with E-state index in [4.69, 9.17) is 0 Å². The molecule has 1 saturated heterocycles. The van der Waals surface area contributed by atoms with Crippen molar-refractivity contribution < 1.29 is 0 Å². The Kier molecular flexibility index (Phi) is 7.06. The van der Waals surface area contributed by atoms with Gasteiger partial charge in [-0.1, -0.05) is 6.07 Å². The van der Waals surface area contributed by atoms with Gasteiger partial charge in [-0.3, -0.25) is 9.89 Å². The Morgan fingerprint density at radius 1 is 1.30 bits per heavy atom. The number of thiophene rings is 1. The van der Waals surface area contributed by atoms with Crippen molar-refractivity contribution in [2.24, 2.45) is 4.99 Å². The van der Waals surface area contributed by atoms with Crippen LogP contribution in [0.25, 0.3) is 0 Å². The van der Waals surface area contributed by atoms with Crippen molar-refractivity contribution in [3.63, 3.8) is 0 Å². The van der Waals surface area contributed by atoms with Crippen LogP contribution in [0.2, 0.25) is 0 Å². The van der Waals surface area contributed by atoms with Gasteiger partial charge in [-0.25, -0.2) is 4.98 Å². The molecule has 0 radical (unpaired) electrons. The van der Waals surface area contributed by atoms with Crippen LogP contribution in [0.15, 0.2) is 40.8 Å². The van der Waals surface area contributed by atoms with E-state index in [-0.39, 0.29) is 0 Å². The lowest BCUT2D eigenvalue weighted by molar-refractivity contribution is 0.249. The van der Waals surface area contributed by atoms with Gasteiger partial charge >= 0.3 is 0 Å². The molecule has 1 atom stereocenters. The average molecular weight is 387 g/mol. The highest BCUT2D eigenvalue weighted by molar-refractivity contribution is 7.10. The van der Waals surface area contributed by atoms with Gasteiger partial charge in [-0.15, -0.1) is 11.3 Å². The summed E-state index contributed by atoms with van der Waals surface area (Å²) in [6, 6.07) is 8.92. The molecular formula is C20H30N6S. The highest BCUT2D eigenvalue weighted by atomic mass is 32.1. The number of nitrogens with zero attached hydrogens (tertiary/aromatic N) is 4. The van der Waals surface area contributed by atoms with Crippen LogP contribution in [-0.2, 0) is 6.54 Å². The van der Waals surface area contributed by atoms with Crippen molar-refractivity contribution in [1.29, 1.82) is 0 Å². The minimum absolute atomic E-state index is 0.410. The Morgan fingerprint density at radius 3 is 2.78 bits per heavy atom. The number of aromatic nitrogens is 1. The molecule has 2 aromatic heterocycles. The van der Waals surface area contributed by atoms with E-state index in [1.807, 2.05) is 49.6 Å². The van der Waals surface area contributed by atoms with Crippen molar-refractivity contribution in [3.05, 3.63) is 46.3 Å². The summed E-state index contributed by atoms with van der Waals surface area (Å²) in [6.45, 7) is 3.94. The molecule has 1 unspecified atom stereocenters. The fourth-order valence-electron chi connectivity index (χ4n) is 3.36. The maximum absolute atomic E-state index is 4.39. The molecule has 0 aliphatic carbocycles. The first-order chi connectivity index (χ1) is 13.2. The second-order valence-electron chi connectivity index (χ2n) is 7.00. The van der Waals surface area contributed by atoms with Crippen molar-refractivity contribution >= 4 is 23.1 Å². The molecule has 0 amide bonds. The fourth-order valence-corrected chi connectivity index (χ4v) is 4.22. The summed E-state index contributed by atoms with van der Waals surface area (Å²) in [6.07, 6.45) is 4.44. The average Bonchev–Trinajstić information content (AvgIpc) is 3.39. The number of aliphatic imine (C=N–C) groups is 1. The second kappa shape index (κ2) is 9.71. The first-order valence-electron chi connectivity index (χ1n) is 9.51. The van der Waals surface area contributed by atoms with E-state index < -0.39 is 0 Å². The van der Waals surface area contributed by atoms with Crippen LogP contribution in [0.1, 0.15) is 29.3 Å². The van der Waals surface area contributed by atoms with E-state index in [2.05, 4.69) is 49.1 Å². The van der Waals surface area contributed by atoms with E-state index in [0.29, 0.717) is 6.04 Å². The van der Waals surface area contributed by atoms with Gasteiger partial charge in [0.2, 0.25) is 0 Å². The molecule has 0 bridgehead atoms. The van der Waals surface area contributed by atoms with E-state index in [1.54, 1.807) is 0 Å². The van der Waals surface area contributed by atoms with Crippen LogP contribution in [0.5, 0.6) is 0 Å². The van der Waals surface area contributed by atoms with Crippen molar-refractivity contribution in [2.75, 3.05) is 45.7 Å². The molecule has 1 aliphatic rings. The summed E-state index contributed by atoms with van der Waals surface area (Å²) in [4.78, 5) is 14.8. The molecule has 7 heteroatoms. The molecule has 6 nitrogen and oxygen atoms in total. The third-order valence-corrected chi connectivity index (χ3v) is 5.84. The van der Waals surface area contributed by atoms with Crippen LogP contribution >= 0.6 is 11.3 Å². The lowest BCUT2D eigenvalue weighted by Crippen LogP contribution is -2.42. The number of pyridine rings is 1. The van der Waals surface area contributed by atoms with Crippen molar-refractivity contribution in [1.82, 2.24) is 20.5 Å². The molecule has 2 N–H and O–H groups in total. The molecule has 2 aromatic rings. The Morgan fingerprint density at radius 2 is 2.11 bits per heavy atom.